The van der Waals surface area contributed by atoms with Crippen molar-refractivity contribution >= 4 is 0 Å². The Labute approximate surface area is 129 Å². The van der Waals surface area contributed by atoms with Crippen molar-refractivity contribution in [3.05, 3.63) is 35.4 Å². The quantitative estimate of drug-likeness (QED) is 0.524. The molecular formula is C16H21F2NO3. The fourth-order valence-corrected chi connectivity index (χ4v) is 1.95. The van der Waals surface area contributed by atoms with Crippen LogP contribution in [0, 0.1) is 24.0 Å². The lowest BCUT2D eigenvalue weighted by atomic mass is 10.2. The summed E-state index contributed by atoms with van der Waals surface area (Å²) in [6.07, 6.45) is 4.30. The molecular weight excluding hydrogens is 292 g/mol. The highest BCUT2D eigenvalue weighted by Gasteiger charge is 2.14. The van der Waals surface area contributed by atoms with E-state index in [-0.39, 0.29) is 26.3 Å². The number of hydrogen-bond donors (Lipinski definition) is 1. The zero-order chi connectivity index (χ0) is 16.4. The first kappa shape index (κ1) is 18.5. The van der Waals surface area contributed by atoms with Crippen molar-refractivity contribution < 1.29 is 23.4 Å². The standard InChI is InChI=1S/C16H21F2NO3/c1-3-7-22-12-15(20)11-19(6-8-21-2)10-13-4-5-14(17)9-16(13)18/h1,4-5,9,15,20H,6-8,10-12H2,2H3/t15-/m0/s1. The second kappa shape index (κ2) is 10.2. The first-order valence-electron chi connectivity index (χ1n) is 6.91. The van der Waals surface area contributed by atoms with E-state index < -0.39 is 17.7 Å². The van der Waals surface area contributed by atoms with E-state index in [1.165, 1.54) is 12.1 Å². The molecule has 1 N–H and O–H groups in total. The minimum Gasteiger partial charge on any atom is -0.389 e. The maximum atomic E-state index is 13.7. The van der Waals surface area contributed by atoms with Gasteiger partial charge in [-0.25, -0.2) is 8.78 Å². The topological polar surface area (TPSA) is 41.9 Å². The maximum absolute atomic E-state index is 13.7. The molecule has 6 heteroatoms. The molecule has 0 radical (unpaired) electrons. The van der Waals surface area contributed by atoms with Crippen LogP contribution in [0.4, 0.5) is 8.78 Å². The molecule has 0 aliphatic rings. The van der Waals surface area contributed by atoms with Gasteiger partial charge >= 0.3 is 0 Å². The Hall–Kier alpha value is -1.52. The molecule has 0 saturated heterocycles. The van der Waals surface area contributed by atoms with Crippen LogP contribution in [-0.2, 0) is 16.0 Å². The molecule has 0 bridgehead atoms. The largest absolute Gasteiger partial charge is 0.389 e. The first-order valence-corrected chi connectivity index (χ1v) is 6.91. The van der Waals surface area contributed by atoms with E-state index in [0.29, 0.717) is 18.7 Å². The summed E-state index contributed by atoms with van der Waals surface area (Å²) in [5.41, 5.74) is 0.356. The van der Waals surface area contributed by atoms with Crippen molar-refractivity contribution in [2.75, 3.05) is 40.0 Å². The summed E-state index contributed by atoms with van der Waals surface area (Å²) < 4.78 is 36.7. The number of terminal acetylenes is 1. The Bertz CT molecular complexity index is 491. The average Bonchev–Trinajstić information content (AvgIpc) is 2.47. The van der Waals surface area contributed by atoms with Gasteiger partial charge in [-0.3, -0.25) is 4.90 Å². The molecule has 0 heterocycles. The molecule has 1 aromatic carbocycles. The van der Waals surface area contributed by atoms with Crippen LogP contribution in [-0.4, -0.2) is 56.1 Å². The molecule has 0 spiro atoms. The Morgan fingerprint density at radius 2 is 2.18 bits per heavy atom. The molecule has 0 unspecified atom stereocenters. The lowest BCUT2D eigenvalue weighted by molar-refractivity contribution is 0.0205. The molecule has 0 fully saturated rings. The van der Waals surface area contributed by atoms with Crippen LogP contribution in [0.2, 0.25) is 0 Å². The predicted octanol–water partition coefficient (Wildman–Crippen LogP) is 1.42. The van der Waals surface area contributed by atoms with Crippen LogP contribution >= 0.6 is 0 Å². The van der Waals surface area contributed by atoms with E-state index in [1.807, 2.05) is 4.90 Å². The minimum absolute atomic E-state index is 0.0968. The summed E-state index contributed by atoms with van der Waals surface area (Å²) in [5.74, 6) is 1.08. The number of aliphatic hydroxyl groups is 1. The van der Waals surface area contributed by atoms with Crippen molar-refractivity contribution in [1.82, 2.24) is 4.90 Å². The molecule has 0 aliphatic carbocycles. The Balaban J connectivity index is 2.61. The van der Waals surface area contributed by atoms with Gasteiger partial charge in [-0.15, -0.1) is 6.42 Å². The van der Waals surface area contributed by atoms with Gasteiger partial charge in [0.2, 0.25) is 0 Å². The van der Waals surface area contributed by atoms with Crippen LogP contribution in [0.1, 0.15) is 5.56 Å². The fraction of sp³-hybridized carbons (Fsp3) is 0.500. The summed E-state index contributed by atoms with van der Waals surface area (Å²) in [6, 6.07) is 3.45. The highest BCUT2D eigenvalue weighted by molar-refractivity contribution is 5.18. The van der Waals surface area contributed by atoms with Crippen LogP contribution in [0.25, 0.3) is 0 Å². The zero-order valence-electron chi connectivity index (χ0n) is 12.6. The van der Waals surface area contributed by atoms with Crippen LogP contribution in [0.15, 0.2) is 18.2 Å². The van der Waals surface area contributed by atoms with Crippen molar-refractivity contribution in [3.8, 4) is 12.3 Å². The van der Waals surface area contributed by atoms with Crippen molar-refractivity contribution in [3.63, 3.8) is 0 Å². The zero-order valence-corrected chi connectivity index (χ0v) is 12.6. The summed E-state index contributed by atoms with van der Waals surface area (Å²) in [7, 11) is 1.56. The van der Waals surface area contributed by atoms with Gasteiger partial charge in [0.05, 0.1) is 19.3 Å². The number of ether oxygens (including phenoxy) is 2. The molecule has 0 amide bonds. The number of hydrogen-bond acceptors (Lipinski definition) is 4. The highest BCUT2D eigenvalue weighted by Crippen LogP contribution is 2.12. The number of benzene rings is 1. The molecule has 0 saturated carbocycles. The molecule has 0 aliphatic heterocycles. The van der Waals surface area contributed by atoms with Gasteiger partial charge in [0, 0.05) is 38.4 Å². The first-order chi connectivity index (χ1) is 10.6. The van der Waals surface area contributed by atoms with Gasteiger partial charge in [-0.2, -0.15) is 0 Å². The van der Waals surface area contributed by atoms with Crippen LogP contribution in [0.3, 0.4) is 0 Å². The van der Waals surface area contributed by atoms with Gasteiger partial charge in [-0.1, -0.05) is 12.0 Å². The number of methoxy groups -OCH3 is 1. The van der Waals surface area contributed by atoms with E-state index in [2.05, 4.69) is 5.92 Å². The Morgan fingerprint density at radius 1 is 1.41 bits per heavy atom. The Morgan fingerprint density at radius 3 is 2.82 bits per heavy atom. The molecule has 22 heavy (non-hydrogen) atoms. The second-order valence-electron chi connectivity index (χ2n) is 4.84. The summed E-state index contributed by atoms with van der Waals surface area (Å²) in [4.78, 5) is 1.81. The maximum Gasteiger partial charge on any atom is 0.130 e. The van der Waals surface area contributed by atoms with Gasteiger partial charge in [0.1, 0.15) is 18.2 Å². The third-order valence-corrected chi connectivity index (χ3v) is 2.99. The molecule has 0 aromatic heterocycles. The lowest BCUT2D eigenvalue weighted by Gasteiger charge is -2.25. The molecule has 1 aromatic rings. The SMILES string of the molecule is C#CCOC[C@@H](O)CN(CCOC)Cc1ccc(F)cc1F. The number of halogens is 2. The van der Waals surface area contributed by atoms with Gasteiger partial charge in [-0.05, 0) is 6.07 Å². The van der Waals surface area contributed by atoms with Gasteiger partial charge in [0.25, 0.3) is 0 Å². The number of aliphatic hydroxyl groups excluding tert-OH is 1. The highest BCUT2D eigenvalue weighted by atomic mass is 19.1. The minimum atomic E-state index is -0.756. The van der Waals surface area contributed by atoms with E-state index in [9.17, 15) is 13.9 Å². The molecule has 4 nitrogen and oxygen atoms in total. The fourth-order valence-electron chi connectivity index (χ4n) is 1.95. The molecule has 1 rings (SSSR count). The third kappa shape index (κ3) is 6.96. The number of rotatable bonds is 10. The molecule has 122 valence electrons. The number of nitrogens with zero attached hydrogens (tertiary/aromatic N) is 1. The summed E-state index contributed by atoms with van der Waals surface area (Å²) in [5, 5.41) is 9.91. The molecule has 1 atom stereocenters. The summed E-state index contributed by atoms with van der Waals surface area (Å²) >= 11 is 0. The van der Waals surface area contributed by atoms with E-state index >= 15 is 0 Å². The second-order valence-corrected chi connectivity index (χ2v) is 4.84. The normalized spacial score (nSPS) is 12.4. The van der Waals surface area contributed by atoms with Crippen LogP contribution < -0.4 is 0 Å². The van der Waals surface area contributed by atoms with Crippen LogP contribution in [0.5, 0.6) is 0 Å². The van der Waals surface area contributed by atoms with E-state index in [0.717, 1.165) is 6.07 Å². The Kier molecular flexibility index (Phi) is 8.63. The van der Waals surface area contributed by atoms with Crippen molar-refractivity contribution in [2.45, 2.75) is 12.6 Å². The van der Waals surface area contributed by atoms with Crippen molar-refractivity contribution in [2.24, 2.45) is 0 Å². The van der Waals surface area contributed by atoms with E-state index in [4.69, 9.17) is 15.9 Å². The van der Waals surface area contributed by atoms with Gasteiger partial charge in [0.15, 0.2) is 0 Å². The smallest absolute Gasteiger partial charge is 0.130 e. The average molecular weight is 313 g/mol. The lowest BCUT2D eigenvalue weighted by Crippen LogP contribution is -2.36. The van der Waals surface area contributed by atoms with Gasteiger partial charge < -0.3 is 14.6 Å². The monoisotopic (exact) mass is 313 g/mol. The van der Waals surface area contributed by atoms with Crippen molar-refractivity contribution in [1.29, 1.82) is 0 Å². The third-order valence-electron chi connectivity index (χ3n) is 2.99. The summed E-state index contributed by atoms with van der Waals surface area (Å²) in [6.45, 7) is 1.66. The predicted molar refractivity (Wildman–Crippen MR) is 79.2 cm³/mol. The van der Waals surface area contributed by atoms with E-state index in [1.54, 1.807) is 7.11 Å².